The van der Waals surface area contributed by atoms with Gasteiger partial charge in [0.05, 0.1) is 11.3 Å². The van der Waals surface area contributed by atoms with Crippen LogP contribution < -0.4 is 10.2 Å². The molecule has 0 unspecified atom stereocenters. The maximum Gasteiger partial charge on any atom is 0.260 e. The Balaban J connectivity index is 1.27. The average molecular weight is 441 g/mol. The number of hydrogen-bond acceptors (Lipinski definition) is 4. The topological polar surface area (TPSA) is 82.6 Å². The monoisotopic (exact) mass is 440 g/mol. The third-order valence-corrected chi connectivity index (χ3v) is 6.12. The number of benzene rings is 2. The van der Waals surface area contributed by atoms with Gasteiger partial charge in [0.25, 0.3) is 11.8 Å². The lowest BCUT2D eigenvalue weighted by Gasteiger charge is -2.41. The molecule has 0 saturated carbocycles. The minimum atomic E-state index is -0.483. The molecular formula is C26H24N4O3. The highest BCUT2D eigenvalue weighted by molar-refractivity contribution is 6.16. The van der Waals surface area contributed by atoms with E-state index in [1.54, 1.807) is 34.2 Å². The van der Waals surface area contributed by atoms with Gasteiger partial charge in [0.15, 0.2) is 0 Å². The molecule has 0 saturated heterocycles. The van der Waals surface area contributed by atoms with E-state index in [9.17, 15) is 14.4 Å². The van der Waals surface area contributed by atoms with Crippen LogP contribution in [0.1, 0.15) is 51.0 Å². The molecule has 0 radical (unpaired) electrons. The van der Waals surface area contributed by atoms with Gasteiger partial charge in [0.1, 0.15) is 6.17 Å². The van der Waals surface area contributed by atoms with E-state index in [0.717, 1.165) is 11.3 Å². The number of aromatic nitrogens is 1. The first-order chi connectivity index (χ1) is 16.1. The summed E-state index contributed by atoms with van der Waals surface area (Å²) in [7, 11) is 0. The molecule has 33 heavy (non-hydrogen) atoms. The Kier molecular flexibility index (Phi) is 5.60. The number of carbonyl (C=O) groups is 3. The molecule has 1 aromatic heterocycles. The third-order valence-electron chi connectivity index (χ3n) is 6.12. The van der Waals surface area contributed by atoms with Crippen molar-refractivity contribution in [3.8, 4) is 0 Å². The molecule has 1 atom stereocenters. The molecule has 3 amide bonds. The number of pyridine rings is 1. The van der Waals surface area contributed by atoms with Crippen molar-refractivity contribution in [2.45, 2.75) is 25.4 Å². The highest BCUT2D eigenvalue weighted by Crippen LogP contribution is 2.45. The summed E-state index contributed by atoms with van der Waals surface area (Å²) in [4.78, 5) is 46.5. The fraction of sp³-hybridized carbons (Fsp3) is 0.231. The zero-order valence-corrected chi connectivity index (χ0v) is 18.1. The Morgan fingerprint density at radius 2 is 1.67 bits per heavy atom. The van der Waals surface area contributed by atoms with Gasteiger partial charge in [-0.15, -0.1) is 0 Å². The number of carbonyl (C=O) groups excluding carboxylic acids is 3. The maximum atomic E-state index is 13.4. The number of anilines is 1. The third kappa shape index (κ3) is 3.86. The van der Waals surface area contributed by atoms with Crippen molar-refractivity contribution in [2.75, 3.05) is 18.0 Å². The van der Waals surface area contributed by atoms with Gasteiger partial charge in [0, 0.05) is 48.9 Å². The normalized spacial score (nSPS) is 16.3. The molecule has 0 fully saturated rings. The Morgan fingerprint density at radius 3 is 2.48 bits per heavy atom. The van der Waals surface area contributed by atoms with Crippen LogP contribution in [-0.2, 0) is 11.2 Å². The van der Waals surface area contributed by atoms with Crippen molar-refractivity contribution < 1.29 is 14.4 Å². The van der Waals surface area contributed by atoms with Gasteiger partial charge < -0.3 is 10.2 Å². The first kappa shape index (κ1) is 20.9. The van der Waals surface area contributed by atoms with E-state index in [1.165, 1.54) is 0 Å². The van der Waals surface area contributed by atoms with Gasteiger partial charge in [-0.05, 0) is 36.8 Å². The highest BCUT2D eigenvalue weighted by Gasteiger charge is 2.47. The number of fused-ring (bicyclic) bond motifs is 5. The zero-order valence-electron chi connectivity index (χ0n) is 18.1. The number of rotatable bonds is 7. The maximum absolute atomic E-state index is 13.4. The number of amides is 3. The van der Waals surface area contributed by atoms with E-state index in [0.29, 0.717) is 49.2 Å². The summed E-state index contributed by atoms with van der Waals surface area (Å²) in [5.74, 6) is -0.282. The van der Waals surface area contributed by atoms with Gasteiger partial charge in [-0.25, -0.2) is 0 Å². The van der Waals surface area contributed by atoms with Crippen molar-refractivity contribution in [3.05, 3.63) is 95.3 Å². The summed E-state index contributed by atoms with van der Waals surface area (Å²) >= 11 is 0. The van der Waals surface area contributed by atoms with Crippen LogP contribution in [0.3, 0.4) is 0 Å². The molecule has 7 heteroatoms. The Morgan fingerprint density at radius 1 is 0.909 bits per heavy atom. The standard InChI is InChI=1S/C26H24N4O3/c31-23(28-16-14-18-8-5-6-15-27-18)13-7-17-29-24-19-9-1-2-10-20(19)26(33)30(24)22-12-4-3-11-21(22)25(29)32/h1-6,8-12,15,24H,7,13-14,16-17H2,(H,28,31)/t24-/m1/s1. The zero-order chi connectivity index (χ0) is 22.8. The summed E-state index contributed by atoms with van der Waals surface area (Å²) in [6, 6.07) is 20.3. The van der Waals surface area contributed by atoms with Crippen molar-refractivity contribution in [1.29, 1.82) is 0 Å². The fourth-order valence-electron chi connectivity index (χ4n) is 4.57. The van der Waals surface area contributed by atoms with Gasteiger partial charge in [0.2, 0.25) is 5.91 Å². The highest BCUT2D eigenvalue weighted by atomic mass is 16.2. The first-order valence-electron chi connectivity index (χ1n) is 11.1. The summed E-state index contributed by atoms with van der Waals surface area (Å²) in [5.41, 5.74) is 3.52. The van der Waals surface area contributed by atoms with Crippen LogP contribution in [0.25, 0.3) is 0 Å². The molecular weight excluding hydrogens is 416 g/mol. The van der Waals surface area contributed by atoms with E-state index in [2.05, 4.69) is 10.3 Å². The first-order valence-corrected chi connectivity index (χ1v) is 11.1. The SMILES string of the molecule is O=C(CCCN1C(=O)c2ccccc2N2C(=O)c3ccccc3[C@H]12)NCCc1ccccn1. The van der Waals surface area contributed by atoms with E-state index in [1.807, 2.05) is 48.5 Å². The van der Waals surface area contributed by atoms with Crippen molar-refractivity contribution in [1.82, 2.24) is 15.2 Å². The predicted octanol–water partition coefficient (Wildman–Crippen LogP) is 3.34. The summed E-state index contributed by atoms with van der Waals surface area (Å²) < 4.78 is 0. The van der Waals surface area contributed by atoms with Crippen molar-refractivity contribution >= 4 is 23.4 Å². The second-order valence-electron chi connectivity index (χ2n) is 8.18. The largest absolute Gasteiger partial charge is 0.356 e. The van der Waals surface area contributed by atoms with Gasteiger partial charge in [-0.1, -0.05) is 36.4 Å². The number of nitrogens with zero attached hydrogens (tertiary/aromatic N) is 3. The van der Waals surface area contributed by atoms with Crippen LogP contribution in [0.2, 0.25) is 0 Å². The summed E-state index contributed by atoms with van der Waals surface area (Å²) in [6.07, 6.45) is 2.73. The molecule has 0 bridgehead atoms. The molecule has 3 aromatic rings. The molecule has 2 aromatic carbocycles. The second kappa shape index (κ2) is 8.86. The smallest absolute Gasteiger partial charge is 0.260 e. The van der Waals surface area contributed by atoms with Crippen LogP contribution in [0, 0.1) is 0 Å². The van der Waals surface area contributed by atoms with E-state index < -0.39 is 6.17 Å². The summed E-state index contributed by atoms with van der Waals surface area (Å²) in [6.45, 7) is 0.897. The minimum absolute atomic E-state index is 0.0597. The molecule has 166 valence electrons. The van der Waals surface area contributed by atoms with Gasteiger partial charge in [-0.2, -0.15) is 0 Å². The Hall–Kier alpha value is -4.00. The van der Waals surface area contributed by atoms with Crippen LogP contribution >= 0.6 is 0 Å². The van der Waals surface area contributed by atoms with E-state index in [4.69, 9.17) is 0 Å². The molecule has 2 aliphatic heterocycles. The molecule has 7 nitrogen and oxygen atoms in total. The van der Waals surface area contributed by atoms with Gasteiger partial charge >= 0.3 is 0 Å². The van der Waals surface area contributed by atoms with Crippen molar-refractivity contribution in [3.63, 3.8) is 0 Å². The second-order valence-corrected chi connectivity index (χ2v) is 8.18. The van der Waals surface area contributed by atoms with Crippen LogP contribution in [-0.4, -0.2) is 40.7 Å². The molecule has 1 N–H and O–H groups in total. The lowest BCUT2D eigenvalue weighted by Crippen LogP contribution is -2.48. The Labute approximate surface area is 192 Å². The molecule has 5 rings (SSSR count). The average Bonchev–Trinajstić information content (AvgIpc) is 3.14. The number of para-hydroxylation sites is 1. The lowest BCUT2D eigenvalue weighted by molar-refractivity contribution is -0.121. The van der Waals surface area contributed by atoms with E-state index >= 15 is 0 Å². The molecule has 0 aliphatic carbocycles. The number of hydrogen-bond donors (Lipinski definition) is 1. The molecule has 2 aliphatic rings. The molecule has 3 heterocycles. The van der Waals surface area contributed by atoms with Crippen LogP contribution in [0.15, 0.2) is 72.9 Å². The van der Waals surface area contributed by atoms with E-state index in [-0.39, 0.29) is 17.7 Å². The minimum Gasteiger partial charge on any atom is -0.356 e. The predicted molar refractivity (Wildman–Crippen MR) is 124 cm³/mol. The fourth-order valence-corrected chi connectivity index (χ4v) is 4.57. The Bertz CT molecular complexity index is 1210. The van der Waals surface area contributed by atoms with Crippen LogP contribution in [0.4, 0.5) is 5.69 Å². The van der Waals surface area contributed by atoms with Gasteiger partial charge in [-0.3, -0.25) is 24.3 Å². The molecule has 0 spiro atoms. The summed E-state index contributed by atoms with van der Waals surface area (Å²) in [5, 5.41) is 2.92. The van der Waals surface area contributed by atoms with Crippen LogP contribution in [0.5, 0.6) is 0 Å². The van der Waals surface area contributed by atoms with Crippen molar-refractivity contribution in [2.24, 2.45) is 0 Å². The number of nitrogens with one attached hydrogen (secondary N) is 1. The lowest BCUT2D eigenvalue weighted by atomic mass is 10.0. The quantitative estimate of drug-likeness (QED) is 0.611.